The van der Waals surface area contributed by atoms with Crippen LogP contribution in [0.15, 0.2) is 18.2 Å². The highest BCUT2D eigenvalue weighted by Gasteiger charge is 2.62. The summed E-state index contributed by atoms with van der Waals surface area (Å²) in [6.45, 7) is 1.88. The Bertz CT molecular complexity index is 508. The van der Waals surface area contributed by atoms with Crippen LogP contribution >= 0.6 is 0 Å². The topological polar surface area (TPSA) is 46.5 Å². The lowest BCUT2D eigenvalue weighted by Gasteiger charge is -2.31. The van der Waals surface area contributed by atoms with Crippen LogP contribution in [0.25, 0.3) is 0 Å². The van der Waals surface area contributed by atoms with Crippen molar-refractivity contribution in [2.24, 2.45) is 5.41 Å². The van der Waals surface area contributed by atoms with Crippen LogP contribution in [0.5, 0.6) is 5.75 Å². The molecule has 1 aromatic carbocycles. The number of benzene rings is 1. The first-order chi connectivity index (χ1) is 8.04. The molecule has 1 N–H and O–H groups in total. The van der Waals surface area contributed by atoms with E-state index in [4.69, 9.17) is 4.74 Å². The molecule has 3 rings (SSSR count). The van der Waals surface area contributed by atoms with Crippen LogP contribution in [0.2, 0.25) is 0 Å². The van der Waals surface area contributed by atoms with Gasteiger partial charge in [0.2, 0.25) is 0 Å². The number of hydrogen-bond donors (Lipinski definition) is 1. The van der Waals surface area contributed by atoms with Crippen molar-refractivity contribution in [2.45, 2.75) is 31.8 Å². The number of carbonyl (C=O) groups is 1. The molecule has 3 heteroatoms. The molecule has 2 atom stereocenters. The van der Waals surface area contributed by atoms with Crippen LogP contribution in [-0.4, -0.2) is 18.0 Å². The van der Waals surface area contributed by atoms with Gasteiger partial charge in [-0.05, 0) is 37.8 Å². The summed E-state index contributed by atoms with van der Waals surface area (Å²) in [5.41, 5.74) is -0.320. The first-order valence-electron chi connectivity index (χ1n) is 5.99. The molecule has 0 unspecified atom stereocenters. The van der Waals surface area contributed by atoms with Crippen LogP contribution in [0.3, 0.4) is 0 Å². The van der Waals surface area contributed by atoms with E-state index in [1.807, 2.05) is 19.1 Å². The summed E-state index contributed by atoms with van der Waals surface area (Å²) in [6.07, 6.45) is 2.31. The lowest BCUT2D eigenvalue weighted by Crippen LogP contribution is -2.38. The zero-order chi connectivity index (χ0) is 12.3. The fourth-order valence-electron chi connectivity index (χ4n) is 3.47. The molecule has 0 saturated heterocycles. The molecular formula is C14H16O3. The molecule has 0 radical (unpaired) electrons. The Morgan fingerprint density at radius 2 is 2.12 bits per heavy atom. The first-order valence-corrected chi connectivity index (χ1v) is 5.99. The number of fused-ring (bicyclic) bond motifs is 3. The Morgan fingerprint density at radius 3 is 2.82 bits per heavy atom. The van der Waals surface area contributed by atoms with E-state index in [0.29, 0.717) is 17.7 Å². The van der Waals surface area contributed by atoms with Crippen LogP contribution < -0.4 is 4.74 Å². The summed E-state index contributed by atoms with van der Waals surface area (Å²) >= 11 is 0. The summed E-state index contributed by atoms with van der Waals surface area (Å²) in [4.78, 5) is 12.5. The molecular weight excluding hydrogens is 216 g/mol. The molecule has 0 heterocycles. The number of ketones is 1. The number of rotatable bonds is 1. The van der Waals surface area contributed by atoms with Gasteiger partial charge >= 0.3 is 0 Å². The van der Waals surface area contributed by atoms with Crippen molar-refractivity contribution in [1.82, 2.24) is 0 Å². The van der Waals surface area contributed by atoms with Gasteiger partial charge in [0.25, 0.3) is 0 Å². The zero-order valence-electron chi connectivity index (χ0n) is 10.1. The van der Waals surface area contributed by atoms with Gasteiger partial charge in [0.1, 0.15) is 11.4 Å². The highest BCUT2D eigenvalue weighted by atomic mass is 16.5. The summed E-state index contributed by atoms with van der Waals surface area (Å²) in [7, 11) is 1.56. The fraction of sp³-hybridized carbons (Fsp3) is 0.500. The Hall–Kier alpha value is -1.35. The Kier molecular flexibility index (Phi) is 1.97. The minimum atomic E-state index is -0.992. The minimum absolute atomic E-state index is 0.0324. The number of ether oxygens (including phenoxy) is 1. The van der Waals surface area contributed by atoms with E-state index >= 15 is 0 Å². The number of carbonyl (C=O) groups excluding carboxylic acids is 1. The van der Waals surface area contributed by atoms with E-state index in [1.165, 1.54) is 0 Å². The Balaban J connectivity index is 2.31. The summed E-state index contributed by atoms with van der Waals surface area (Å²) < 4.78 is 5.25. The minimum Gasteiger partial charge on any atom is -0.496 e. The Morgan fingerprint density at radius 1 is 1.35 bits per heavy atom. The average Bonchev–Trinajstić information content (AvgIpc) is 2.72. The van der Waals surface area contributed by atoms with Crippen molar-refractivity contribution in [2.75, 3.05) is 7.11 Å². The van der Waals surface area contributed by atoms with Gasteiger partial charge in [-0.1, -0.05) is 12.1 Å². The first kappa shape index (κ1) is 10.8. The van der Waals surface area contributed by atoms with Crippen LogP contribution in [0.1, 0.15) is 42.1 Å². The monoisotopic (exact) mass is 232 g/mol. The lowest BCUT2D eigenvalue weighted by atomic mass is 9.76. The van der Waals surface area contributed by atoms with Gasteiger partial charge in [0.15, 0.2) is 5.78 Å². The number of Topliss-reactive ketones (excluding diaryl/α,β-unsaturated/α-hetero) is 1. The molecule has 0 aromatic heterocycles. The third kappa shape index (κ3) is 1.03. The van der Waals surface area contributed by atoms with E-state index in [9.17, 15) is 9.90 Å². The van der Waals surface area contributed by atoms with E-state index in [1.54, 1.807) is 13.2 Å². The third-order valence-electron chi connectivity index (χ3n) is 4.55. The van der Waals surface area contributed by atoms with Crippen molar-refractivity contribution < 1.29 is 14.6 Å². The van der Waals surface area contributed by atoms with Gasteiger partial charge in [0, 0.05) is 0 Å². The molecule has 1 aromatic rings. The van der Waals surface area contributed by atoms with Crippen molar-refractivity contribution in [3.63, 3.8) is 0 Å². The van der Waals surface area contributed by atoms with Gasteiger partial charge in [-0.15, -0.1) is 0 Å². The highest BCUT2D eigenvalue weighted by Crippen LogP contribution is 2.60. The maximum atomic E-state index is 12.5. The summed E-state index contributed by atoms with van der Waals surface area (Å²) in [6, 6.07) is 5.48. The molecule has 3 nitrogen and oxygen atoms in total. The lowest BCUT2D eigenvalue weighted by molar-refractivity contribution is -0.0314. The Labute approximate surface area is 100 Å². The van der Waals surface area contributed by atoms with Gasteiger partial charge in [-0.3, -0.25) is 4.79 Å². The maximum Gasteiger partial charge on any atom is 0.176 e. The number of aliphatic hydroxyl groups is 1. The van der Waals surface area contributed by atoms with E-state index in [0.717, 1.165) is 18.4 Å². The van der Waals surface area contributed by atoms with Crippen molar-refractivity contribution >= 4 is 5.78 Å². The molecule has 1 fully saturated rings. The summed E-state index contributed by atoms with van der Waals surface area (Å²) in [5, 5.41) is 10.9. The quantitative estimate of drug-likeness (QED) is 0.808. The molecule has 0 amide bonds. The van der Waals surface area contributed by atoms with Gasteiger partial charge in [0.05, 0.1) is 18.1 Å². The summed E-state index contributed by atoms with van der Waals surface area (Å²) in [5.74, 6) is 0.613. The number of methoxy groups -OCH3 is 1. The molecule has 17 heavy (non-hydrogen) atoms. The predicted molar refractivity (Wildman–Crippen MR) is 63.2 cm³/mol. The fourth-order valence-corrected chi connectivity index (χ4v) is 3.47. The van der Waals surface area contributed by atoms with E-state index in [-0.39, 0.29) is 5.78 Å². The second kappa shape index (κ2) is 3.10. The largest absolute Gasteiger partial charge is 0.496 e. The van der Waals surface area contributed by atoms with Crippen LogP contribution in [0, 0.1) is 5.41 Å². The molecule has 0 spiro atoms. The van der Waals surface area contributed by atoms with Crippen molar-refractivity contribution in [3.8, 4) is 5.75 Å². The molecule has 0 aliphatic heterocycles. The highest BCUT2D eigenvalue weighted by molar-refractivity contribution is 6.08. The smallest absolute Gasteiger partial charge is 0.176 e. The average molecular weight is 232 g/mol. The zero-order valence-corrected chi connectivity index (χ0v) is 10.1. The van der Waals surface area contributed by atoms with Crippen molar-refractivity contribution in [3.05, 3.63) is 29.3 Å². The van der Waals surface area contributed by atoms with E-state index in [2.05, 4.69) is 0 Å². The normalized spacial score (nSPS) is 34.6. The molecule has 2 aliphatic carbocycles. The molecule has 1 saturated carbocycles. The SMILES string of the molecule is COc1cccc2c1C(=O)[C@@]1(C)CCC[C@@]21O. The molecule has 0 bridgehead atoms. The van der Waals surface area contributed by atoms with Crippen LogP contribution in [0.4, 0.5) is 0 Å². The van der Waals surface area contributed by atoms with Gasteiger partial charge < -0.3 is 9.84 Å². The van der Waals surface area contributed by atoms with Gasteiger partial charge in [-0.2, -0.15) is 0 Å². The number of hydrogen-bond acceptors (Lipinski definition) is 3. The molecule has 2 aliphatic rings. The van der Waals surface area contributed by atoms with Gasteiger partial charge in [-0.25, -0.2) is 0 Å². The molecule has 90 valence electrons. The van der Waals surface area contributed by atoms with Crippen molar-refractivity contribution in [1.29, 1.82) is 0 Å². The second-order valence-electron chi connectivity index (χ2n) is 5.26. The predicted octanol–water partition coefficient (Wildman–Crippen LogP) is 2.27. The maximum absolute atomic E-state index is 12.5. The third-order valence-corrected chi connectivity index (χ3v) is 4.55. The van der Waals surface area contributed by atoms with E-state index < -0.39 is 11.0 Å². The standard InChI is InChI=1S/C14H16O3/c1-13-7-4-8-14(13,16)9-5-3-6-10(17-2)11(9)12(13)15/h3,5-6,16H,4,7-8H2,1-2H3/t13-,14-/m1/s1. The van der Waals surface area contributed by atoms with Crippen LogP contribution in [-0.2, 0) is 5.60 Å². The second-order valence-corrected chi connectivity index (χ2v) is 5.26.